The summed E-state index contributed by atoms with van der Waals surface area (Å²) in [7, 11) is 0. The summed E-state index contributed by atoms with van der Waals surface area (Å²) in [5, 5.41) is 4.17. The fourth-order valence-corrected chi connectivity index (χ4v) is 2.28. The van der Waals surface area contributed by atoms with Crippen LogP contribution in [0.1, 0.15) is 30.8 Å². The molecule has 0 aliphatic heterocycles. The Labute approximate surface area is 125 Å². The predicted octanol–water partition coefficient (Wildman–Crippen LogP) is 2.34. The highest BCUT2D eigenvalue weighted by molar-refractivity contribution is 9.10. The van der Waals surface area contributed by atoms with Crippen LogP contribution in [0.5, 0.6) is 0 Å². The van der Waals surface area contributed by atoms with Gasteiger partial charge in [-0.1, -0.05) is 13.0 Å². The second kappa shape index (κ2) is 6.92. The molecular weight excluding hydrogens is 325 g/mol. The SMILES string of the molecule is CCCn1ncnc1CC(NN)c1ccc(Br)c(F)c1. The molecule has 0 saturated heterocycles. The predicted molar refractivity (Wildman–Crippen MR) is 78.2 cm³/mol. The van der Waals surface area contributed by atoms with Crippen molar-refractivity contribution in [2.24, 2.45) is 5.84 Å². The molecule has 0 aliphatic rings. The second-order valence-corrected chi connectivity index (χ2v) is 5.35. The lowest BCUT2D eigenvalue weighted by Crippen LogP contribution is -2.30. The van der Waals surface area contributed by atoms with Crippen LogP contribution in [0, 0.1) is 5.82 Å². The molecule has 1 heterocycles. The monoisotopic (exact) mass is 341 g/mol. The second-order valence-electron chi connectivity index (χ2n) is 4.50. The van der Waals surface area contributed by atoms with Crippen LogP contribution in [0.15, 0.2) is 29.0 Å². The number of hydrazine groups is 1. The summed E-state index contributed by atoms with van der Waals surface area (Å²) in [5.41, 5.74) is 3.49. The Kier molecular flexibility index (Phi) is 5.22. The van der Waals surface area contributed by atoms with Crippen molar-refractivity contribution in [3.8, 4) is 0 Å². The van der Waals surface area contributed by atoms with Gasteiger partial charge in [-0.25, -0.2) is 9.37 Å². The summed E-state index contributed by atoms with van der Waals surface area (Å²) in [6.45, 7) is 2.88. The number of benzene rings is 1. The van der Waals surface area contributed by atoms with Gasteiger partial charge >= 0.3 is 0 Å². The molecule has 0 aliphatic carbocycles. The minimum atomic E-state index is -0.308. The van der Waals surface area contributed by atoms with Gasteiger partial charge in [-0.2, -0.15) is 5.10 Å². The summed E-state index contributed by atoms with van der Waals surface area (Å²) in [5.74, 6) is 6.12. The summed E-state index contributed by atoms with van der Waals surface area (Å²) >= 11 is 3.14. The summed E-state index contributed by atoms with van der Waals surface area (Å²) in [6, 6.07) is 4.76. The summed E-state index contributed by atoms with van der Waals surface area (Å²) in [4.78, 5) is 4.24. The quantitative estimate of drug-likeness (QED) is 0.625. The van der Waals surface area contributed by atoms with Gasteiger partial charge in [-0.3, -0.25) is 16.0 Å². The van der Waals surface area contributed by atoms with Gasteiger partial charge in [0.05, 0.1) is 10.5 Å². The van der Waals surface area contributed by atoms with Crippen LogP contribution in [-0.2, 0) is 13.0 Å². The molecule has 1 aromatic carbocycles. The van der Waals surface area contributed by atoms with E-state index < -0.39 is 0 Å². The number of nitrogens with two attached hydrogens (primary N) is 1. The molecule has 1 unspecified atom stereocenters. The molecule has 108 valence electrons. The number of halogens is 2. The minimum absolute atomic E-state index is 0.211. The number of aromatic nitrogens is 3. The molecule has 3 N–H and O–H groups in total. The van der Waals surface area contributed by atoms with Gasteiger partial charge in [0.25, 0.3) is 0 Å². The van der Waals surface area contributed by atoms with E-state index in [4.69, 9.17) is 5.84 Å². The smallest absolute Gasteiger partial charge is 0.138 e. The first kappa shape index (κ1) is 15.1. The highest BCUT2D eigenvalue weighted by Gasteiger charge is 2.16. The van der Waals surface area contributed by atoms with E-state index in [-0.39, 0.29) is 11.9 Å². The lowest BCUT2D eigenvalue weighted by molar-refractivity contribution is 0.496. The number of hydrogen-bond acceptors (Lipinski definition) is 4. The Morgan fingerprint density at radius 2 is 2.30 bits per heavy atom. The molecule has 0 bridgehead atoms. The van der Waals surface area contributed by atoms with Crippen LogP contribution in [0.25, 0.3) is 0 Å². The first-order chi connectivity index (χ1) is 9.65. The fraction of sp³-hybridized carbons (Fsp3) is 0.385. The number of nitrogens with zero attached hydrogens (tertiary/aromatic N) is 3. The Morgan fingerprint density at radius 1 is 1.50 bits per heavy atom. The average Bonchev–Trinajstić information content (AvgIpc) is 2.87. The number of hydrogen-bond donors (Lipinski definition) is 2. The number of nitrogens with one attached hydrogen (secondary N) is 1. The summed E-state index contributed by atoms with van der Waals surface area (Å²) in [6.07, 6.45) is 3.06. The van der Waals surface area contributed by atoms with Crippen molar-refractivity contribution in [1.82, 2.24) is 20.2 Å². The van der Waals surface area contributed by atoms with Gasteiger partial charge in [-0.05, 0) is 40.0 Å². The molecule has 2 aromatic rings. The van der Waals surface area contributed by atoms with Crippen molar-refractivity contribution in [3.63, 3.8) is 0 Å². The zero-order valence-electron chi connectivity index (χ0n) is 11.2. The molecule has 20 heavy (non-hydrogen) atoms. The van der Waals surface area contributed by atoms with Crippen molar-refractivity contribution >= 4 is 15.9 Å². The molecule has 0 fully saturated rings. The van der Waals surface area contributed by atoms with Crippen molar-refractivity contribution < 1.29 is 4.39 Å². The van der Waals surface area contributed by atoms with Gasteiger partial charge in [0, 0.05) is 13.0 Å². The van der Waals surface area contributed by atoms with E-state index >= 15 is 0 Å². The Morgan fingerprint density at radius 3 is 2.95 bits per heavy atom. The number of aryl methyl sites for hydroxylation is 1. The van der Waals surface area contributed by atoms with Crippen LogP contribution in [0.3, 0.4) is 0 Å². The van der Waals surface area contributed by atoms with Gasteiger partial charge in [-0.15, -0.1) is 0 Å². The van der Waals surface area contributed by atoms with Crippen LogP contribution < -0.4 is 11.3 Å². The third-order valence-corrected chi connectivity index (χ3v) is 3.71. The van der Waals surface area contributed by atoms with Crippen molar-refractivity contribution in [2.75, 3.05) is 0 Å². The van der Waals surface area contributed by atoms with Gasteiger partial charge in [0.2, 0.25) is 0 Å². The van der Waals surface area contributed by atoms with E-state index in [1.807, 2.05) is 10.7 Å². The van der Waals surface area contributed by atoms with E-state index in [1.165, 1.54) is 12.4 Å². The highest BCUT2D eigenvalue weighted by atomic mass is 79.9. The molecule has 0 amide bonds. The first-order valence-electron chi connectivity index (χ1n) is 6.43. The van der Waals surface area contributed by atoms with Crippen LogP contribution >= 0.6 is 15.9 Å². The molecule has 0 radical (unpaired) electrons. The standard InChI is InChI=1S/C13H17BrFN5/c1-2-5-20-13(17-8-18-20)7-12(19-16)9-3-4-10(14)11(15)6-9/h3-4,6,8,12,19H,2,5,7,16H2,1H3. The zero-order chi connectivity index (χ0) is 14.5. The Hall–Kier alpha value is -1.31. The largest absolute Gasteiger partial charge is 0.271 e. The first-order valence-corrected chi connectivity index (χ1v) is 7.22. The van der Waals surface area contributed by atoms with Crippen molar-refractivity contribution in [1.29, 1.82) is 0 Å². The third-order valence-electron chi connectivity index (χ3n) is 3.07. The molecule has 1 atom stereocenters. The van der Waals surface area contributed by atoms with E-state index in [0.717, 1.165) is 24.4 Å². The summed E-state index contributed by atoms with van der Waals surface area (Å²) < 4.78 is 15.9. The highest BCUT2D eigenvalue weighted by Crippen LogP contribution is 2.22. The van der Waals surface area contributed by atoms with Gasteiger partial charge < -0.3 is 0 Å². The topological polar surface area (TPSA) is 68.8 Å². The maximum atomic E-state index is 13.6. The maximum absolute atomic E-state index is 13.6. The Balaban J connectivity index is 2.19. The Bertz CT molecular complexity index is 572. The molecule has 7 heteroatoms. The van der Waals surface area contributed by atoms with Crippen LogP contribution in [0.2, 0.25) is 0 Å². The zero-order valence-corrected chi connectivity index (χ0v) is 12.8. The molecule has 2 rings (SSSR count). The molecule has 1 aromatic heterocycles. The lowest BCUT2D eigenvalue weighted by atomic mass is 10.0. The third kappa shape index (κ3) is 3.41. The fourth-order valence-electron chi connectivity index (χ4n) is 2.03. The van der Waals surface area contributed by atoms with Crippen LogP contribution in [-0.4, -0.2) is 14.8 Å². The van der Waals surface area contributed by atoms with E-state index in [1.54, 1.807) is 6.07 Å². The maximum Gasteiger partial charge on any atom is 0.138 e. The van der Waals surface area contributed by atoms with Gasteiger partial charge in [0.15, 0.2) is 0 Å². The van der Waals surface area contributed by atoms with E-state index in [0.29, 0.717) is 10.9 Å². The normalized spacial score (nSPS) is 12.6. The van der Waals surface area contributed by atoms with Crippen molar-refractivity contribution in [2.45, 2.75) is 32.4 Å². The minimum Gasteiger partial charge on any atom is -0.271 e. The van der Waals surface area contributed by atoms with Gasteiger partial charge in [0.1, 0.15) is 18.0 Å². The van der Waals surface area contributed by atoms with E-state index in [2.05, 4.69) is 38.4 Å². The lowest BCUT2D eigenvalue weighted by Gasteiger charge is -2.16. The molecule has 5 nitrogen and oxygen atoms in total. The molecule has 0 spiro atoms. The average molecular weight is 342 g/mol. The van der Waals surface area contributed by atoms with Crippen LogP contribution in [0.4, 0.5) is 4.39 Å². The number of rotatable bonds is 6. The molecule has 0 saturated carbocycles. The van der Waals surface area contributed by atoms with Crippen molar-refractivity contribution in [3.05, 3.63) is 46.2 Å². The molecular formula is C13H17BrFN5. The van der Waals surface area contributed by atoms with E-state index in [9.17, 15) is 4.39 Å².